The molecule has 3 heteroatoms. The Bertz CT molecular complexity index is 308. The van der Waals surface area contributed by atoms with Gasteiger partial charge >= 0.3 is 0 Å². The quantitative estimate of drug-likeness (QED) is 0.585. The maximum absolute atomic E-state index is 5.91. The fourth-order valence-electron chi connectivity index (χ4n) is 1.32. The van der Waals surface area contributed by atoms with E-state index in [4.69, 9.17) is 7.98 Å². The predicted octanol–water partition coefficient (Wildman–Crippen LogP) is 3.28. The van der Waals surface area contributed by atoms with Crippen LogP contribution in [0.2, 0.25) is 0 Å². The lowest BCUT2D eigenvalue weighted by Gasteiger charge is -2.19. The van der Waals surface area contributed by atoms with Gasteiger partial charge in [0.2, 0.25) is 7.98 Å². The molecule has 2 radical (unpaired) electrons. The van der Waals surface area contributed by atoms with Gasteiger partial charge in [-0.05, 0) is 35.6 Å². The van der Waals surface area contributed by atoms with Crippen molar-refractivity contribution in [3.05, 3.63) is 35.2 Å². The molecule has 0 atom stereocenters. The normalized spacial score (nSPS) is 10.8. The second-order valence-electron chi connectivity index (χ2n) is 3.45. The van der Waals surface area contributed by atoms with E-state index in [-0.39, 0.29) is 0 Å². The lowest BCUT2D eigenvalue weighted by atomic mass is 10.1. The first-order valence-corrected chi connectivity index (χ1v) is 5.72. The van der Waals surface area contributed by atoms with Crippen LogP contribution < -0.4 is 4.81 Å². The number of rotatable bonds is 5. The van der Waals surface area contributed by atoms with Gasteiger partial charge in [-0.1, -0.05) is 25.5 Å². The summed E-state index contributed by atoms with van der Waals surface area (Å²) in [4.78, 5) is 1.79. The van der Waals surface area contributed by atoms with Gasteiger partial charge in [0.15, 0.2) is 0 Å². The molecule has 15 heavy (non-hydrogen) atoms. The fraction of sp³-hybridized carbons (Fsp3) is 0.333. The Morgan fingerprint density at radius 1 is 1.33 bits per heavy atom. The van der Waals surface area contributed by atoms with Crippen molar-refractivity contribution in [2.24, 2.45) is 0 Å². The summed E-state index contributed by atoms with van der Waals surface area (Å²) in [6.07, 6.45) is 4.22. The average Bonchev–Trinajstić information content (AvgIpc) is 2.27. The molecule has 0 N–H and O–H groups in total. The molecule has 0 unspecified atom stereocenters. The molecule has 1 aromatic carbocycles. The molecule has 1 nitrogen and oxygen atoms in total. The Hall–Kier alpha value is -0.825. The van der Waals surface area contributed by atoms with E-state index in [1.807, 2.05) is 30.3 Å². The van der Waals surface area contributed by atoms with E-state index in [0.29, 0.717) is 0 Å². The van der Waals surface area contributed by atoms with Crippen molar-refractivity contribution in [1.82, 2.24) is 0 Å². The summed E-state index contributed by atoms with van der Waals surface area (Å²) in [7, 11) is 5.91. The van der Waals surface area contributed by atoms with Gasteiger partial charge in [-0.25, -0.2) is 0 Å². The number of hydrogen-bond acceptors (Lipinski definition) is 2. The summed E-state index contributed by atoms with van der Waals surface area (Å²) < 4.78 is 0. The van der Waals surface area contributed by atoms with Gasteiger partial charge < -0.3 is 4.81 Å². The smallest absolute Gasteiger partial charge is 0.226 e. The van der Waals surface area contributed by atoms with Gasteiger partial charge in [0.25, 0.3) is 0 Å². The van der Waals surface area contributed by atoms with Crippen LogP contribution in [-0.2, 0) is 0 Å². The molecule has 1 rings (SSSR count). The first-order valence-electron chi connectivity index (χ1n) is 5.21. The second-order valence-corrected chi connectivity index (χ2v) is 3.75. The van der Waals surface area contributed by atoms with E-state index in [1.54, 1.807) is 10.2 Å². The molecule has 0 aliphatic rings. The summed E-state index contributed by atoms with van der Waals surface area (Å²) in [6, 6.07) is 8.12. The van der Waals surface area contributed by atoms with Gasteiger partial charge in [0.05, 0.1) is 0 Å². The van der Waals surface area contributed by atoms with Gasteiger partial charge in [0.1, 0.15) is 0 Å². The Morgan fingerprint density at radius 2 is 2.00 bits per heavy atom. The van der Waals surface area contributed by atoms with Gasteiger partial charge in [-0.2, -0.15) is 12.6 Å². The Kier molecular flexibility index (Phi) is 5.40. The van der Waals surface area contributed by atoms with E-state index in [0.717, 1.165) is 30.6 Å². The molecule has 78 valence electrons. The lowest BCUT2D eigenvalue weighted by molar-refractivity contribution is 0.805. The van der Waals surface area contributed by atoms with Crippen molar-refractivity contribution in [3.8, 4) is 0 Å². The molecule has 0 aliphatic carbocycles. The third kappa shape index (κ3) is 4.04. The molecule has 0 aliphatic heterocycles. The summed E-state index contributed by atoms with van der Waals surface area (Å²) >= 11 is 4.03. The minimum Gasteiger partial charge on any atom is -0.425 e. The van der Waals surface area contributed by atoms with Crippen LogP contribution in [0.3, 0.4) is 0 Å². The Labute approximate surface area is 99.0 Å². The minimum absolute atomic E-state index is 0.901. The molecule has 0 bridgehead atoms. The first kappa shape index (κ1) is 12.2. The van der Waals surface area contributed by atoms with E-state index in [1.165, 1.54) is 0 Å². The molecule has 0 amide bonds. The maximum atomic E-state index is 5.91. The molecule has 0 aromatic heterocycles. The number of anilines is 1. The van der Waals surface area contributed by atoms with Crippen molar-refractivity contribution in [2.75, 3.05) is 11.4 Å². The van der Waals surface area contributed by atoms with Crippen LogP contribution >= 0.6 is 12.6 Å². The molecule has 0 fully saturated rings. The van der Waals surface area contributed by atoms with Crippen molar-refractivity contribution in [1.29, 1.82) is 0 Å². The molecular weight excluding hydrogens is 201 g/mol. The highest BCUT2D eigenvalue weighted by atomic mass is 32.1. The van der Waals surface area contributed by atoms with Crippen LogP contribution in [0.25, 0.3) is 6.08 Å². The number of unbranched alkanes of at least 4 members (excludes halogenated alkanes) is 1. The monoisotopic (exact) mass is 217 g/mol. The SMILES string of the molecule is [B]N(CCCC)c1ccc(/C=C/S)cc1. The van der Waals surface area contributed by atoms with Crippen LogP contribution in [0.15, 0.2) is 29.7 Å². The zero-order chi connectivity index (χ0) is 11.1. The Balaban J connectivity index is 2.62. The Morgan fingerprint density at radius 3 is 2.53 bits per heavy atom. The predicted molar refractivity (Wildman–Crippen MR) is 72.5 cm³/mol. The molecule has 1 aromatic rings. The minimum atomic E-state index is 0.901. The zero-order valence-electron chi connectivity index (χ0n) is 9.06. The lowest BCUT2D eigenvalue weighted by Crippen LogP contribution is -2.20. The summed E-state index contributed by atoms with van der Waals surface area (Å²) in [5.41, 5.74) is 2.19. The molecule has 0 saturated heterocycles. The van der Waals surface area contributed by atoms with Crippen LogP contribution in [0, 0.1) is 0 Å². The van der Waals surface area contributed by atoms with Crippen molar-refractivity contribution in [3.63, 3.8) is 0 Å². The zero-order valence-corrected chi connectivity index (χ0v) is 9.95. The number of nitrogens with zero attached hydrogens (tertiary/aromatic N) is 1. The highest BCUT2D eigenvalue weighted by Crippen LogP contribution is 2.14. The first-order chi connectivity index (χ1) is 7.27. The van der Waals surface area contributed by atoms with Crippen LogP contribution in [0.4, 0.5) is 5.69 Å². The summed E-state index contributed by atoms with van der Waals surface area (Å²) in [5, 5.41) is 1.73. The van der Waals surface area contributed by atoms with E-state index in [2.05, 4.69) is 19.6 Å². The third-order valence-electron chi connectivity index (χ3n) is 2.24. The maximum Gasteiger partial charge on any atom is 0.226 e. The van der Waals surface area contributed by atoms with Crippen LogP contribution in [-0.4, -0.2) is 14.5 Å². The van der Waals surface area contributed by atoms with Crippen LogP contribution in [0.5, 0.6) is 0 Å². The second kappa shape index (κ2) is 6.62. The molecule has 0 spiro atoms. The van der Waals surface area contributed by atoms with Gasteiger partial charge in [0, 0.05) is 12.2 Å². The van der Waals surface area contributed by atoms with E-state index in [9.17, 15) is 0 Å². The largest absolute Gasteiger partial charge is 0.425 e. The highest BCUT2D eigenvalue weighted by molar-refractivity contribution is 7.83. The average molecular weight is 217 g/mol. The third-order valence-corrected chi connectivity index (χ3v) is 2.39. The topological polar surface area (TPSA) is 3.24 Å². The fourth-order valence-corrected chi connectivity index (χ4v) is 1.49. The molecule has 0 heterocycles. The van der Waals surface area contributed by atoms with Crippen molar-refractivity contribution in [2.45, 2.75) is 19.8 Å². The molecular formula is C12H16BNS. The highest BCUT2D eigenvalue weighted by Gasteiger charge is 1.98. The van der Waals surface area contributed by atoms with Gasteiger partial charge in [-0.15, -0.1) is 0 Å². The van der Waals surface area contributed by atoms with Crippen LogP contribution in [0.1, 0.15) is 25.3 Å². The van der Waals surface area contributed by atoms with Crippen molar-refractivity contribution >= 4 is 32.4 Å². The number of hydrogen-bond donors (Lipinski definition) is 1. The van der Waals surface area contributed by atoms with Crippen molar-refractivity contribution < 1.29 is 0 Å². The molecule has 0 saturated carbocycles. The number of benzene rings is 1. The van der Waals surface area contributed by atoms with Gasteiger partial charge in [-0.3, -0.25) is 0 Å². The van der Waals surface area contributed by atoms with E-state index < -0.39 is 0 Å². The number of thiol groups is 1. The van der Waals surface area contributed by atoms with E-state index >= 15 is 0 Å². The summed E-state index contributed by atoms with van der Waals surface area (Å²) in [5.74, 6) is 0. The summed E-state index contributed by atoms with van der Waals surface area (Å²) in [6.45, 7) is 3.06. The standard InChI is InChI=1S/C12H16BNS/c1-2-3-9-14(13)12-6-4-11(5-7-12)8-10-15/h4-8,10,15H,2-3,9H2,1H3/b10-8+.